The van der Waals surface area contributed by atoms with Gasteiger partial charge >= 0.3 is 0 Å². The molecule has 0 spiro atoms. The number of halogens is 2. The number of nitrogens with one attached hydrogen (secondary N) is 2. The highest BCUT2D eigenvalue weighted by Gasteiger charge is 2.17. The van der Waals surface area contributed by atoms with Crippen molar-refractivity contribution in [1.82, 2.24) is 4.98 Å². The summed E-state index contributed by atoms with van der Waals surface area (Å²) in [6.07, 6.45) is 1.08. The molecule has 0 saturated carbocycles. The Balaban J connectivity index is 2.07. The molecular formula is C17H9F2N3O2. The van der Waals surface area contributed by atoms with Crippen LogP contribution in [0.25, 0.3) is 10.9 Å². The van der Waals surface area contributed by atoms with E-state index in [1.54, 1.807) is 12.1 Å². The molecule has 1 aromatic heterocycles. The third-order valence-corrected chi connectivity index (χ3v) is 3.44. The van der Waals surface area contributed by atoms with Crippen molar-refractivity contribution in [2.45, 2.75) is 0 Å². The van der Waals surface area contributed by atoms with Crippen LogP contribution in [0.1, 0.15) is 15.9 Å². The number of anilines is 1. The summed E-state index contributed by atoms with van der Waals surface area (Å²) in [6, 6.07) is 9.69. The van der Waals surface area contributed by atoms with E-state index in [4.69, 9.17) is 5.26 Å². The van der Waals surface area contributed by atoms with Crippen LogP contribution in [-0.4, -0.2) is 10.9 Å². The van der Waals surface area contributed by atoms with E-state index in [9.17, 15) is 18.4 Å². The lowest BCUT2D eigenvalue weighted by molar-refractivity contribution is 0.102. The highest BCUT2D eigenvalue weighted by atomic mass is 19.1. The minimum Gasteiger partial charge on any atom is -0.360 e. The van der Waals surface area contributed by atoms with Crippen molar-refractivity contribution in [3.05, 3.63) is 75.6 Å². The number of hydrogen-bond donors (Lipinski definition) is 2. The van der Waals surface area contributed by atoms with Gasteiger partial charge < -0.3 is 10.3 Å². The zero-order valence-electron chi connectivity index (χ0n) is 12.1. The number of benzene rings is 2. The molecule has 0 radical (unpaired) electrons. The highest BCUT2D eigenvalue weighted by Crippen LogP contribution is 2.17. The number of fused-ring (bicyclic) bond motifs is 1. The monoisotopic (exact) mass is 325 g/mol. The number of pyridine rings is 1. The molecule has 5 nitrogen and oxygen atoms in total. The number of nitriles is 1. The van der Waals surface area contributed by atoms with Gasteiger partial charge in [-0.05, 0) is 18.2 Å². The van der Waals surface area contributed by atoms with E-state index in [-0.39, 0.29) is 22.3 Å². The molecule has 0 bridgehead atoms. The van der Waals surface area contributed by atoms with Gasteiger partial charge in [0, 0.05) is 12.3 Å². The molecule has 2 aromatic carbocycles. The Hall–Kier alpha value is -3.53. The molecule has 0 atom stereocenters. The second-order valence-electron chi connectivity index (χ2n) is 4.95. The number of aromatic nitrogens is 1. The summed E-state index contributed by atoms with van der Waals surface area (Å²) in [6.45, 7) is 0. The van der Waals surface area contributed by atoms with Crippen LogP contribution in [-0.2, 0) is 0 Å². The Kier molecular flexibility index (Phi) is 3.80. The molecule has 3 rings (SSSR count). The number of amides is 1. The lowest BCUT2D eigenvalue weighted by Crippen LogP contribution is -2.23. The van der Waals surface area contributed by atoms with Gasteiger partial charge in [-0.2, -0.15) is 5.26 Å². The average Bonchev–Trinajstić information content (AvgIpc) is 2.54. The summed E-state index contributed by atoms with van der Waals surface area (Å²) < 4.78 is 27.0. The third-order valence-electron chi connectivity index (χ3n) is 3.44. The van der Waals surface area contributed by atoms with Crippen LogP contribution in [0, 0.1) is 23.0 Å². The number of H-pyrrole nitrogens is 1. The van der Waals surface area contributed by atoms with Gasteiger partial charge in [-0.3, -0.25) is 9.59 Å². The smallest absolute Gasteiger partial charge is 0.261 e. The van der Waals surface area contributed by atoms with E-state index in [0.29, 0.717) is 6.07 Å². The SMILES string of the molecule is N#Cc1ccccc1NC(=O)c1c[nH]c2cc(F)cc(F)c2c1=O. The molecule has 0 fully saturated rings. The van der Waals surface area contributed by atoms with Gasteiger partial charge in [0.1, 0.15) is 23.3 Å². The van der Waals surface area contributed by atoms with E-state index >= 15 is 0 Å². The van der Waals surface area contributed by atoms with E-state index < -0.39 is 28.4 Å². The van der Waals surface area contributed by atoms with Crippen molar-refractivity contribution in [3.63, 3.8) is 0 Å². The molecule has 0 aliphatic carbocycles. The number of carbonyl (C=O) groups excluding carboxylic acids is 1. The standard InChI is InChI=1S/C17H9F2N3O2/c18-10-5-12(19)15-14(6-10)21-8-11(16(15)23)17(24)22-13-4-2-1-3-9(13)7-20/h1-6,8H,(H,21,23)(H,22,24). The first-order chi connectivity index (χ1) is 11.5. The van der Waals surface area contributed by atoms with E-state index in [1.807, 2.05) is 6.07 Å². The molecule has 24 heavy (non-hydrogen) atoms. The zero-order valence-corrected chi connectivity index (χ0v) is 12.1. The van der Waals surface area contributed by atoms with Crippen LogP contribution < -0.4 is 10.7 Å². The second kappa shape index (κ2) is 5.93. The summed E-state index contributed by atoms with van der Waals surface area (Å²) >= 11 is 0. The summed E-state index contributed by atoms with van der Waals surface area (Å²) in [5.74, 6) is -2.70. The van der Waals surface area contributed by atoms with Crippen LogP contribution in [0.3, 0.4) is 0 Å². The minimum absolute atomic E-state index is 0.0496. The Bertz CT molecular complexity index is 1070. The molecule has 0 saturated heterocycles. The van der Waals surface area contributed by atoms with Crippen LogP contribution in [0.5, 0.6) is 0 Å². The molecular weight excluding hydrogens is 316 g/mol. The van der Waals surface area contributed by atoms with Crippen molar-refractivity contribution < 1.29 is 13.6 Å². The van der Waals surface area contributed by atoms with Crippen LogP contribution in [0.4, 0.5) is 14.5 Å². The number of aromatic amines is 1. The number of rotatable bonds is 2. The number of nitrogens with zero attached hydrogens (tertiary/aromatic N) is 1. The Morgan fingerprint density at radius 2 is 1.96 bits per heavy atom. The highest BCUT2D eigenvalue weighted by molar-refractivity contribution is 6.06. The van der Waals surface area contributed by atoms with E-state index in [2.05, 4.69) is 10.3 Å². The molecule has 1 heterocycles. The normalized spacial score (nSPS) is 10.4. The largest absolute Gasteiger partial charge is 0.360 e. The molecule has 118 valence electrons. The fraction of sp³-hybridized carbons (Fsp3) is 0. The van der Waals surface area contributed by atoms with Gasteiger partial charge in [0.2, 0.25) is 5.43 Å². The van der Waals surface area contributed by atoms with Gasteiger partial charge in [-0.15, -0.1) is 0 Å². The van der Waals surface area contributed by atoms with E-state index in [0.717, 1.165) is 12.3 Å². The number of para-hydroxylation sites is 1. The topological polar surface area (TPSA) is 85.8 Å². The minimum atomic E-state index is -1.06. The van der Waals surface area contributed by atoms with Gasteiger partial charge in [-0.1, -0.05) is 12.1 Å². The lowest BCUT2D eigenvalue weighted by Gasteiger charge is -2.07. The summed E-state index contributed by atoms with van der Waals surface area (Å²) in [5, 5.41) is 11.0. The fourth-order valence-corrected chi connectivity index (χ4v) is 2.32. The van der Waals surface area contributed by atoms with Crippen molar-refractivity contribution >= 4 is 22.5 Å². The Morgan fingerprint density at radius 3 is 2.71 bits per heavy atom. The van der Waals surface area contributed by atoms with Crippen molar-refractivity contribution in [2.75, 3.05) is 5.32 Å². The molecule has 2 N–H and O–H groups in total. The van der Waals surface area contributed by atoms with Crippen LogP contribution in [0.15, 0.2) is 47.4 Å². The number of hydrogen-bond acceptors (Lipinski definition) is 3. The average molecular weight is 325 g/mol. The Labute approximate surface area is 134 Å². The van der Waals surface area contributed by atoms with Crippen molar-refractivity contribution in [3.8, 4) is 6.07 Å². The van der Waals surface area contributed by atoms with Gasteiger partial charge in [0.15, 0.2) is 0 Å². The molecule has 0 aliphatic heterocycles. The third kappa shape index (κ3) is 2.61. The summed E-state index contributed by atoms with van der Waals surface area (Å²) in [4.78, 5) is 27.2. The maximum Gasteiger partial charge on any atom is 0.261 e. The fourth-order valence-electron chi connectivity index (χ4n) is 2.32. The zero-order chi connectivity index (χ0) is 17.3. The maximum absolute atomic E-state index is 13.9. The van der Waals surface area contributed by atoms with Gasteiger partial charge in [-0.25, -0.2) is 8.78 Å². The Morgan fingerprint density at radius 1 is 1.21 bits per heavy atom. The van der Waals surface area contributed by atoms with Crippen LogP contribution in [0.2, 0.25) is 0 Å². The number of carbonyl (C=O) groups is 1. The predicted molar refractivity (Wildman–Crippen MR) is 83.6 cm³/mol. The second-order valence-corrected chi connectivity index (χ2v) is 4.95. The quantitative estimate of drug-likeness (QED) is 0.759. The predicted octanol–water partition coefficient (Wildman–Crippen LogP) is 2.93. The van der Waals surface area contributed by atoms with Gasteiger partial charge in [0.25, 0.3) is 5.91 Å². The first-order valence-electron chi connectivity index (χ1n) is 6.82. The van der Waals surface area contributed by atoms with Crippen LogP contribution >= 0.6 is 0 Å². The lowest BCUT2D eigenvalue weighted by atomic mass is 10.1. The first kappa shape index (κ1) is 15.4. The summed E-state index contributed by atoms with van der Waals surface area (Å²) in [5.41, 5.74) is -0.819. The molecule has 7 heteroatoms. The summed E-state index contributed by atoms with van der Waals surface area (Å²) in [7, 11) is 0. The molecule has 3 aromatic rings. The molecule has 0 aliphatic rings. The van der Waals surface area contributed by atoms with Gasteiger partial charge in [0.05, 0.1) is 22.2 Å². The van der Waals surface area contributed by atoms with E-state index in [1.165, 1.54) is 12.1 Å². The first-order valence-corrected chi connectivity index (χ1v) is 6.82. The molecule has 1 amide bonds. The van der Waals surface area contributed by atoms with Crippen molar-refractivity contribution in [2.24, 2.45) is 0 Å². The maximum atomic E-state index is 13.9. The van der Waals surface area contributed by atoms with Crippen molar-refractivity contribution in [1.29, 1.82) is 5.26 Å². The molecule has 0 unspecified atom stereocenters.